The normalized spacial score (nSPS) is 15.7. The number of carbonyl (C=O) groups is 2. The third kappa shape index (κ3) is 4.96. The van der Waals surface area contributed by atoms with E-state index in [2.05, 4.69) is 10.6 Å². The van der Waals surface area contributed by atoms with Gasteiger partial charge in [-0.2, -0.15) is 0 Å². The number of methoxy groups -OCH3 is 2. The summed E-state index contributed by atoms with van der Waals surface area (Å²) in [5, 5.41) is 5.60. The predicted molar refractivity (Wildman–Crippen MR) is 120 cm³/mol. The molecule has 170 valence electrons. The summed E-state index contributed by atoms with van der Waals surface area (Å²) in [6, 6.07) is 11.2. The number of rotatable bonds is 8. The van der Waals surface area contributed by atoms with Gasteiger partial charge < -0.3 is 29.6 Å². The molecule has 0 saturated carbocycles. The summed E-state index contributed by atoms with van der Waals surface area (Å²) in [4.78, 5) is 25.8. The minimum atomic E-state index is -0.753. The number of carbonyl (C=O) groups excluding carboxylic acids is 2. The van der Waals surface area contributed by atoms with Gasteiger partial charge in [-0.05, 0) is 68.3 Å². The lowest BCUT2D eigenvalue weighted by Gasteiger charge is -2.30. The summed E-state index contributed by atoms with van der Waals surface area (Å²) in [6.07, 6.45) is -0.333. The second kappa shape index (κ2) is 10.1. The number of hydrogen-bond donors (Lipinski definition) is 2. The SMILES string of the molecule is CCOc1ccc(C2NC(=O)NC(c3ccc(OC)cc3)=C2C(=O)OC(C)C)cc1OC. The topological polar surface area (TPSA) is 95.1 Å². The third-order valence-electron chi connectivity index (χ3n) is 4.83. The Labute approximate surface area is 187 Å². The molecule has 0 bridgehead atoms. The largest absolute Gasteiger partial charge is 0.497 e. The van der Waals surface area contributed by atoms with E-state index < -0.39 is 18.0 Å². The molecule has 0 aliphatic carbocycles. The molecule has 2 aromatic rings. The highest BCUT2D eigenvalue weighted by Gasteiger charge is 2.35. The Morgan fingerprint density at radius 2 is 1.75 bits per heavy atom. The molecule has 1 aliphatic rings. The summed E-state index contributed by atoms with van der Waals surface area (Å²) < 4.78 is 21.8. The molecule has 2 amide bonds. The van der Waals surface area contributed by atoms with Gasteiger partial charge in [0, 0.05) is 0 Å². The van der Waals surface area contributed by atoms with Crippen LogP contribution in [0, 0.1) is 0 Å². The number of esters is 1. The highest BCUT2D eigenvalue weighted by Crippen LogP contribution is 2.36. The van der Waals surface area contributed by atoms with Crippen molar-refractivity contribution in [2.24, 2.45) is 0 Å². The van der Waals surface area contributed by atoms with Crippen molar-refractivity contribution in [3.8, 4) is 17.2 Å². The molecule has 2 N–H and O–H groups in total. The fraction of sp³-hybridized carbons (Fsp3) is 0.333. The van der Waals surface area contributed by atoms with Crippen molar-refractivity contribution in [3.63, 3.8) is 0 Å². The average molecular weight is 440 g/mol. The molecular formula is C24H28N2O6. The van der Waals surface area contributed by atoms with Crippen LogP contribution < -0.4 is 24.8 Å². The number of nitrogens with one attached hydrogen (secondary N) is 2. The molecule has 0 saturated heterocycles. The van der Waals surface area contributed by atoms with Crippen molar-refractivity contribution in [2.45, 2.75) is 32.9 Å². The van der Waals surface area contributed by atoms with Gasteiger partial charge in [-0.15, -0.1) is 0 Å². The van der Waals surface area contributed by atoms with E-state index in [4.69, 9.17) is 18.9 Å². The molecule has 0 spiro atoms. The number of benzene rings is 2. The van der Waals surface area contributed by atoms with Crippen LogP contribution in [0.1, 0.15) is 37.9 Å². The number of amides is 2. The summed E-state index contributed by atoms with van der Waals surface area (Å²) in [7, 11) is 3.11. The summed E-state index contributed by atoms with van der Waals surface area (Å²) in [6.45, 7) is 5.90. The zero-order valence-electron chi connectivity index (χ0n) is 18.9. The maximum Gasteiger partial charge on any atom is 0.338 e. The van der Waals surface area contributed by atoms with Crippen LogP contribution in [0.3, 0.4) is 0 Å². The highest BCUT2D eigenvalue weighted by atomic mass is 16.5. The molecule has 8 heteroatoms. The molecule has 32 heavy (non-hydrogen) atoms. The molecule has 0 fully saturated rings. The van der Waals surface area contributed by atoms with E-state index >= 15 is 0 Å². The van der Waals surface area contributed by atoms with Crippen molar-refractivity contribution in [1.29, 1.82) is 0 Å². The van der Waals surface area contributed by atoms with Gasteiger partial charge in [-0.25, -0.2) is 9.59 Å². The van der Waals surface area contributed by atoms with E-state index in [1.54, 1.807) is 63.4 Å². The minimum absolute atomic E-state index is 0.287. The number of hydrogen-bond acceptors (Lipinski definition) is 6. The summed E-state index contributed by atoms with van der Waals surface area (Å²) in [5.74, 6) is 1.20. The number of ether oxygens (including phenoxy) is 4. The Balaban J connectivity index is 2.16. The van der Waals surface area contributed by atoms with Crippen molar-refractivity contribution in [3.05, 3.63) is 59.2 Å². The van der Waals surface area contributed by atoms with E-state index in [0.29, 0.717) is 40.7 Å². The van der Waals surface area contributed by atoms with Crippen molar-refractivity contribution in [2.75, 3.05) is 20.8 Å². The van der Waals surface area contributed by atoms with E-state index in [0.717, 1.165) is 0 Å². The Hall–Kier alpha value is -3.68. The van der Waals surface area contributed by atoms with Gasteiger partial charge in [-0.1, -0.05) is 6.07 Å². The smallest absolute Gasteiger partial charge is 0.338 e. The lowest BCUT2D eigenvalue weighted by Crippen LogP contribution is -2.45. The Morgan fingerprint density at radius 1 is 1.03 bits per heavy atom. The molecule has 8 nitrogen and oxygen atoms in total. The molecule has 1 aliphatic heterocycles. The molecule has 0 radical (unpaired) electrons. The highest BCUT2D eigenvalue weighted by molar-refractivity contribution is 6.04. The lowest BCUT2D eigenvalue weighted by molar-refractivity contribution is -0.143. The van der Waals surface area contributed by atoms with Crippen molar-refractivity contribution < 1.29 is 28.5 Å². The van der Waals surface area contributed by atoms with Crippen LogP contribution in [0.4, 0.5) is 4.79 Å². The van der Waals surface area contributed by atoms with Gasteiger partial charge in [0.15, 0.2) is 11.5 Å². The first-order valence-corrected chi connectivity index (χ1v) is 10.4. The molecule has 3 rings (SSSR count). The zero-order chi connectivity index (χ0) is 23.3. The molecule has 2 aromatic carbocycles. The minimum Gasteiger partial charge on any atom is -0.497 e. The molecule has 1 atom stereocenters. The van der Waals surface area contributed by atoms with Crippen LogP contribution in [-0.4, -0.2) is 38.9 Å². The first-order chi connectivity index (χ1) is 15.4. The van der Waals surface area contributed by atoms with E-state index in [-0.39, 0.29) is 11.7 Å². The van der Waals surface area contributed by atoms with Gasteiger partial charge in [-0.3, -0.25) is 0 Å². The van der Waals surface area contributed by atoms with Crippen LogP contribution in [0.25, 0.3) is 5.70 Å². The lowest BCUT2D eigenvalue weighted by atomic mass is 9.92. The zero-order valence-corrected chi connectivity index (χ0v) is 18.9. The standard InChI is InChI=1S/C24H28N2O6/c1-6-31-18-12-9-16(13-19(18)30-5)22-20(23(27)32-14(2)3)21(25-24(28)26-22)15-7-10-17(29-4)11-8-15/h7-14,22H,6H2,1-5H3,(H2,25,26,28). The van der Waals surface area contributed by atoms with Gasteiger partial charge >= 0.3 is 12.0 Å². The monoisotopic (exact) mass is 440 g/mol. The van der Waals surface area contributed by atoms with E-state index in [1.807, 2.05) is 6.92 Å². The summed E-state index contributed by atoms with van der Waals surface area (Å²) in [5.41, 5.74) is 1.97. The van der Waals surface area contributed by atoms with Gasteiger partial charge in [0.1, 0.15) is 5.75 Å². The van der Waals surface area contributed by atoms with Crippen molar-refractivity contribution in [1.82, 2.24) is 10.6 Å². The van der Waals surface area contributed by atoms with Crippen LogP contribution in [-0.2, 0) is 9.53 Å². The maximum atomic E-state index is 13.2. The van der Waals surface area contributed by atoms with E-state index in [1.165, 1.54) is 7.11 Å². The quantitative estimate of drug-likeness (QED) is 0.606. The maximum absolute atomic E-state index is 13.2. The first kappa shape index (κ1) is 23.0. The molecule has 1 heterocycles. The van der Waals surface area contributed by atoms with Crippen LogP contribution in [0.2, 0.25) is 0 Å². The van der Waals surface area contributed by atoms with Gasteiger partial charge in [0.05, 0.1) is 44.2 Å². The average Bonchev–Trinajstić information content (AvgIpc) is 2.78. The second-order valence-electron chi connectivity index (χ2n) is 7.35. The third-order valence-corrected chi connectivity index (χ3v) is 4.83. The second-order valence-corrected chi connectivity index (χ2v) is 7.35. The molecule has 0 aromatic heterocycles. The van der Waals surface area contributed by atoms with Crippen molar-refractivity contribution >= 4 is 17.7 Å². The molecular weight excluding hydrogens is 412 g/mol. The summed E-state index contributed by atoms with van der Waals surface area (Å²) >= 11 is 0. The fourth-order valence-corrected chi connectivity index (χ4v) is 3.44. The van der Waals surface area contributed by atoms with Gasteiger partial charge in [0.25, 0.3) is 0 Å². The van der Waals surface area contributed by atoms with Crippen LogP contribution in [0.5, 0.6) is 17.2 Å². The predicted octanol–water partition coefficient (Wildman–Crippen LogP) is 3.82. The Kier molecular flexibility index (Phi) is 7.25. The Morgan fingerprint density at radius 3 is 2.34 bits per heavy atom. The molecule has 1 unspecified atom stereocenters. The van der Waals surface area contributed by atoms with Gasteiger partial charge in [0.2, 0.25) is 0 Å². The van der Waals surface area contributed by atoms with Crippen LogP contribution >= 0.6 is 0 Å². The fourth-order valence-electron chi connectivity index (χ4n) is 3.44. The number of urea groups is 1. The first-order valence-electron chi connectivity index (χ1n) is 10.4. The Bertz CT molecular complexity index is 1010. The van der Waals surface area contributed by atoms with E-state index in [9.17, 15) is 9.59 Å². The van der Waals surface area contributed by atoms with Crippen LogP contribution in [0.15, 0.2) is 48.0 Å².